The van der Waals surface area contributed by atoms with Gasteiger partial charge in [0, 0.05) is 37.9 Å². The van der Waals surface area contributed by atoms with Crippen LogP contribution >= 0.6 is 0 Å². The third kappa shape index (κ3) is 4.96. The summed E-state index contributed by atoms with van der Waals surface area (Å²) in [4.78, 5) is 35.3. The van der Waals surface area contributed by atoms with Crippen LogP contribution in [0.25, 0.3) is 0 Å². The van der Waals surface area contributed by atoms with Gasteiger partial charge in [0.2, 0.25) is 15.9 Å². The standard InChI is InChI=1S/C21H36N4O6S/c1-14-11-15(31-22-14)13-25-19(26)17-12-16(32(28,29)23-21(2)7-8-21)5-6-18(17)24(20(25)27)9-4-10-30-3/h14-18,22-23H,4-13H2,1-3H3. The van der Waals surface area contributed by atoms with E-state index in [9.17, 15) is 18.0 Å². The fraction of sp³-hybridized carbons (Fsp3) is 0.905. The molecule has 10 nitrogen and oxygen atoms in total. The van der Waals surface area contributed by atoms with Crippen molar-refractivity contribution in [2.45, 2.75) is 87.8 Å². The third-order valence-electron chi connectivity index (χ3n) is 7.24. The van der Waals surface area contributed by atoms with Crippen LogP contribution in [0.2, 0.25) is 0 Å². The van der Waals surface area contributed by atoms with Crippen molar-refractivity contribution in [1.29, 1.82) is 0 Å². The molecule has 0 aromatic carbocycles. The van der Waals surface area contributed by atoms with E-state index in [0.29, 0.717) is 38.8 Å². The van der Waals surface area contributed by atoms with E-state index in [1.54, 1.807) is 12.0 Å². The molecule has 4 fully saturated rings. The lowest BCUT2D eigenvalue weighted by atomic mass is 9.80. The second-order valence-corrected chi connectivity index (χ2v) is 12.0. The first-order valence-electron chi connectivity index (χ1n) is 11.7. The Hall–Kier alpha value is -1.27. The predicted molar refractivity (Wildman–Crippen MR) is 117 cm³/mol. The molecule has 2 aliphatic heterocycles. The molecule has 182 valence electrons. The van der Waals surface area contributed by atoms with Gasteiger partial charge in [-0.05, 0) is 58.8 Å². The Balaban J connectivity index is 1.52. The van der Waals surface area contributed by atoms with Crippen LogP contribution in [0.4, 0.5) is 4.79 Å². The van der Waals surface area contributed by atoms with Crippen LogP contribution in [-0.4, -0.2) is 85.9 Å². The number of rotatable bonds is 9. The lowest BCUT2D eigenvalue weighted by molar-refractivity contribution is -0.142. The maximum absolute atomic E-state index is 13.4. The molecule has 2 aliphatic carbocycles. The number of urea groups is 1. The zero-order valence-electron chi connectivity index (χ0n) is 19.2. The molecule has 2 saturated heterocycles. The van der Waals surface area contributed by atoms with Gasteiger partial charge in [0.25, 0.3) is 0 Å². The Kier molecular flexibility index (Phi) is 6.84. The summed E-state index contributed by atoms with van der Waals surface area (Å²) in [5, 5.41) is -0.620. The van der Waals surface area contributed by atoms with Crippen molar-refractivity contribution in [2.75, 3.05) is 26.8 Å². The molecule has 0 aromatic rings. The van der Waals surface area contributed by atoms with Gasteiger partial charge in [-0.25, -0.2) is 17.9 Å². The predicted octanol–water partition coefficient (Wildman–Crippen LogP) is 0.978. The van der Waals surface area contributed by atoms with Crippen molar-refractivity contribution in [2.24, 2.45) is 5.92 Å². The highest BCUT2D eigenvalue weighted by Crippen LogP contribution is 2.40. The highest BCUT2D eigenvalue weighted by atomic mass is 32.2. The molecular formula is C21H36N4O6S. The molecule has 2 saturated carbocycles. The zero-order chi connectivity index (χ0) is 23.1. The van der Waals surface area contributed by atoms with E-state index in [0.717, 1.165) is 12.8 Å². The molecule has 0 spiro atoms. The van der Waals surface area contributed by atoms with Crippen molar-refractivity contribution in [3.05, 3.63) is 0 Å². The molecular weight excluding hydrogens is 436 g/mol. The minimum Gasteiger partial charge on any atom is -0.385 e. The lowest BCUT2D eigenvalue weighted by Crippen LogP contribution is -2.65. The first kappa shape index (κ1) is 23.9. The van der Waals surface area contributed by atoms with E-state index in [4.69, 9.17) is 9.57 Å². The number of nitrogens with one attached hydrogen (secondary N) is 2. The van der Waals surface area contributed by atoms with E-state index in [-0.39, 0.29) is 48.6 Å². The molecule has 11 heteroatoms. The number of hydrogen-bond acceptors (Lipinski definition) is 7. The second-order valence-electron chi connectivity index (χ2n) is 10.1. The van der Waals surface area contributed by atoms with E-state index in [2.05, 4.69) is 10.2 Å². The molecule has 32 heavy (non-hydrogen) atoms. The summed E-state index contributed by atoms with van der Waals surface area (Å²) in [6.07, 6.45) is 3.96. The number of imide groups is 1. The van der Waals surface area contributed by atoms with Gasteiger partial charge in [0.15, 0.2) is 0 Å². The maximum Gasteiger partial charge on any atom is 0.327 e. The van der Waals surface area contributed by atoms with Crippen LogP contribution < -0.4 is 10.2 Å². The van der Waals surface area contributed by atoms with Crippen molar-refractivity contribution < 1.29 is 27.6 Å². The number of nitrogens with zero attached hydrogens (tertiary/aromatic N) is 2. The summed E-state index contributed by atoms with van der Waals surface area (Å²) in [6.45, 7) is 5.06. The van der Waals surface area contributed by atoms with Gasteiger partial charge in [-0.15, -0.1) is 0 Å². The normalized spacial score (nSPS) is 34.7. The lowest BCUT2D eigenvalue weighted by Gasteiger charge is -2.48. The summed E-state index contributed by atoms with van der Waals surface area (Å²) in [7, 11) is -1.91. The molecule has 2 N–H and O–H groups in total. The number of ether oxygens (including phenoxy) is 1. The first-order valence-corrected chi connectivity index (χ1v) is 13.2. The second kappa shape index (κ2) is 9.17. The van der Waals surface area contributed by atoms with E-state index < -0.39 is 21.2 Å². The minimum atomic E-state index is -3.53. The van der Waals surface area contributed by atoms with E-state index >= 15 is 0 Å². The molecule has 3 amide bonds. The van der Waals surface area contributed by atoms with Crippen molar-refractivity contribution in [3.63, 3.8) is 0 Å². The van der Waals surface area contributed by atoms with Crippen LogP contribution in [-0.2, 0) is 24.4 Å². The van der Waals surface area contributed by atoms with Crippen molar-refractivity contribution >= 4 is 22.0 Å². The highest BCUT2D eigenvalue weighted by molar-refractivity contribution is 7.90. The minimum absolute atomic E-state index is 0.152. The molecule has 4 rings (SSSR count). The van der Waals surface area contributed by atoms with Crippen LogP contribution in [0, 0.1) is 5.92 Å². The Labute approximate surface area is 190 Å². The summed E-state index contributed by atoms with van der Waals surface area (Å²) in [6, 6.07) is -0.423. The van der Waals surface area contributed by atoms with Gasteiger partial charge in [-0.3, -0.25) is 14.5 Å². The monoisotopic (exact) mass is 472 g/mol. The zero-order valence-corrected chi connectivity index (χ0v) is 20.0. The van der Waals surface area contributed by atoms with Gasteiger partial charge in [-0.1, -0.05) is 0 Å². The third-order valence-corrected chi connectivity index (χ3v) is 9.32. The van der Waals surface area contributed by atoms with Gasteiger partial charge in [0.05, 0.1) is 23.8 Å². The van der Waals surface area contributed by atoms with Crippen LogP contribution in [0.1, 0.15) is 58.8 Å². The van der Waals surface area contributed by atoms with Gasteiger partial charge in [-0.2, -0.15) is 5.48 Å². The number of amides is 3. The average molecular weight is 473 g/mol. The number of methoxy groups -OCH3 is 1. The summed E-state index contributed by atoms with van der Waals surface area (Å²) in [5.74, 6) is -0.798. The summed E-state index contributed by atoms with van der Waals surface area (Å²) < 4.78 is 34.0. The number of hydrogen-bond donors (Lipinski definition) is 2. The Morgan fingerprint density at radius 1 is 1.25 bits per heavy atom. The molecule has 5 unspecified atom stereocenters. The van der Waals surface area contributed by atoms with Gasteiger partial charge in [0.1, 0.15) is 0 Å². The molecule has 0 bridgehead atoms. The quantitative estimate of drug-likeness (QED) is 0.480. The first-order chi connectivity index (χ1) is 15.1. The SMILES string of the molecule is COCCCN1C(=O)N(CC2CC(C)NO2)C(=O)C2CC(S(=O)(=O)NC3(C)CC3)CCC21. The summed E-state index contributed by atoms with van der Waals surface area (Å²) >= 11 is 0. The van der Waals surface area contributed by atoms with Crippen LogP contribution in [0.5, 0.6) is 0 Å². The number of sulfonamides is 1. The topological polar surface area (TPSA) is 117 Å². The average Bonchev–Trinajstić information content (AvgIpc) is 3.31. The van der Waals surface area contributed by atoms with Crippen molar-refractivity contribution in [1.82, 2.24) is 20.0 Å². The molecule has 2 heterocycles. The highest BCUT2D eigenvalue weighted by Gasteiger charge is 2.52. The molecule has 0 aromatic heterocycles. The number of fused-ring (bicyclic) bond motifs is 1. The molecule has 5 atom stereocenters. The smallest absolute Gasteiger partial charge is 0.327 e. The number of hydroxylamine groups is 1. The van der Waals surface area contributed by atoms with Crippen LogP contribution in [0.15, 0.2) is 0 Å². The fourth-order valence-electron chi connectivity index (χ4n) is 5.17. The molecule has 0 radical (unpaired) electrons. The Bertz CT molecular complexity index is 832. The van der Waals surface area contributed by atoms with Gasteiger partial charge < -0.3 is 9.64 Å². The molecule has 4 aliphatic rings. The van der Waals surface area contributed by atoms with Gasteiger partial charge >= 0.3 is 6.03 Å². The Morgan fingerprint density at radius 2 is 2.00 bits per heavy atom. The summed E-state index contributed by atoms with van der Waals surface area (Å²) in [5.41, 5.74) is 2.54. The fourth-order valence-corrected chi connectivity index (χ4v) is 7.14. The number of carbonyl (C=O) groups excluding carboxylic acids is 2. The largest absolute Gasteiger partial charge is 0.385 e. The van der Waals surface area contributed by atoms with E-state index in [1.165, 1.54) is 4.90 Å². The van der Waals surface area contributed by atoms with Crippen molar-refractivity contribution in [3.8, 4) is 0 Å². The maximum atomic E-state index is 13.4. The Morgan fingerprint density at radius 3 is 2.62 bits per heavy atom. The van der Waals surface area contributed by atoms with Crippen LogP contribution in [0.3, 0.4) is 0 Å². The number of carbonyl (C=O) groups is 2. The van der Waals surface area contributed by atoms with E-state index in [1.807, 2.05) is 13.8 Å².